The van der Waals surface area contributed by atoms with Crippen LogP contribution in [0, 0.1) is 5.82 Å². The Morgan fingerprint density at radius 2 is 2.19 bits per heavy atom. The molecule has 2 rings (SSSR count). The summed E-state index contributed by atoms with van der Waals surface area (Å²) in [5.74, 6) is 0.130. The van der Waals surface area contributed by atoms with Gasteiger partial charge in [0.15, 0.2) is 0 Å². The van der Waals surface area contributed by atoms with Crippen molar-refractivity contribution in [3.05, 3.63) is 41.7 Å². The van der Waals surface area contributed by atoms with Crippen molar-refractivity contribution in [1.29, 1.82) is 0 Å². The molecule has 0 saturated carbocycles. The van der Waals surface area contributed by atoms with Gasteiger partial charge in [-0.3, -0.25) is 4.79 Å². The third-order valence-electron chi connectivity index (χ3n) is 2.26. The van der Waals surface area contributed by atoms with Crippen molar-refractivity contribution in [2.45, 2.75) is 13.3 Å². The molecule has 0 N–H and O–H groups in total. The van der Waals surface area contributed by atoms with Gasteiger partial charge in [0.1, 0.15) is 17.3 Å². The Hall–Kier alpha value is -1.97. The molecule has 2 aromatic rings. The molecule has 3 nitrogen and oxygen atoms in total. The number of halogens is 1. The minimum Gasteiger partial charge on any atom is -0.438 e. The maximum absolute atomic E-state index is 13.5. The highest BCUT2D eigenvalue weighted by molar-refractivity contribution is 5.71. The van der Waals surface area contributed by atoms with Gasteiger partial charge in [-0.1, -0.05) is 19.1 Å². The highest BCUT2D eigenvalue weighted by atomic mass is 19.1. The monoisotopic (exact) mass is 219 g/mol. The van der Waals surface area contributed by atoms with Gasteiger partial charge >= 0.3 is 0 Å². The molecule has 0 unspecified atom stereocenters. The Morgan fingerprint density at radius 3 is 2.81 bits per heavy atom. The lowest BCUT2D eigenvalue weighted by atomic mass is 10.1. The van der Waals surface area contributed by atoms with E-state index in [9.17, 15) is 9.18 Å². The second-order valence-corrected chi connectivity index (χ2v) is 3.28. The van der Waals surface area contributed by atoms with Crippen LogP contribution in [0.3, 0.4) is 0 Å². The molecule has 0 aliphatic rings. The minimum atomic E-state index is -0.372. The Kier molecular flexibility index (Phi) is 2.81. The van der Waals surface area contributed by atoms with Gasteiger partial charge in [0, 0.05) is 12.0 Å². The molecule has 0 bridgehead atoms. The number of aromatic nitrogens is 1. The number of benzene rings is 1. The molecule has 0 spiro atoms. The molecule has 0 radical (unpaired) electrons. The van der Waals surface area contributed by atoms with Crippen LogP contribution in [0.5, 0.6) is 0 Å². The van der Waals surface area contributed by atoms with Crippen LogP contribution in [0.25, 0.3) is 11.3 Å². The molecular formula is C12H10FNO2. The van der Waals surface area contributed by atoms with Crippen molar-refractivity contribution in [2.75, 3.05) is 0 Å². The van der Waals surface area contributed by atoms with Gasteiger partial charge in [0.25, 0.3) is 5.89 Å². The van der Waals surface area contributed by atoms with Gasteiger partial charge in [0.05, 0.1) is 0 Å². The lowest BCUT2D eigenvalue weighted by molar-refractivity contribution is 0.109. The Bertz CT molecular complexity index is 519. The average molecular weight is 219 g/mol. The predicted molar refractivity (Wildman–Crippen MR) is 56.7 cm³/mol. The van der Waals surface area contributed by atoms with Gasteiger partial charge in [-0.25, -0.2) is 9.37 Å². The summed E-state index contributed by atoms with van der Waals surface area (Å²) in [6.45, 7) is 1.86. The molecule has 1 heterocycles. The largest absolute Gasteiger partial charge is 0.438 e. The molecule has 1 aromatic heterocycles. The first kappa shape index (κ1) is 10.5. The third kappa shape index (κ3) is 1.74. The summed E-state index contributed by atoms with van der Waals surface area (Å²) in [5.41, 5.74) is 0.763. The van der Waals surface area contributed by atoms with Crippen molar-refractivity contribution >= 4 is 6.29 Å². The normalized spacial score (nSPS) is 10.4. The van der Waals surface area contributed by atoms with Crippen molar-refractivity contribution < 1.29 is 13.6 Å². The maximum atomic E-state index is 13.5. The second kappa shape index (κ2) is 4.26. The first-order valence-corrected chi connectivity index (χ1v) is 4.96. The van der Waals surface area contributed by atoms with E-state index in [1.165, 1.54) is 6.07 Å². The van der Waals surface area contributed by atoms with Crippen LogP contribution in [0.2, 0.25) is 0 Å². The van der Waals surface area contributed by atoms with Gasteiger partial charge in [-0.2, -0.15) is 0 Å². The van der Waals surface area contributed by atoms with Gasteiger partial charge in [-0.05, 0) is 12.1 Å². The zero-order valence-electron chi connectivity index (χ0n) is 8.74. The van der Waals surface area contributed by atoms with Crippen LogP contribution in [-0.4, -0.2) is 11.3 Å². The molecule has 16 heavy (non-hydrogen) atoms. The molecule has 0 fully saturated rings. The van der Waals surface area contributed by atoms with E-state index in [2.05, 4.69) is 4.98 Å². The lowest BCUT2D eigenvalue weighted by Crippen LogP contribution is -1.88. The van der Waals surface area contributed by atoms with E-state index in [0.717, 1.165) is 0 Å². The smallest absolute Gasteiger partial charge is 0.260 e. The first-order valence-electron chi connectivity index (χ1n) is 4.96. The van der Waals surface area contributed by atoms with E-state index in [1.807, 2.05) is 6.92 Å². The average Bonchev–Trinajstić information content (AvgIpc) is 2.72. The van der Waals surface area contributed by atoms with Crippen molar-refractivity contribution in [3.8, 4) is 11.3 Å². The van der Waals surface area contributed by atoms with E-state index in [0.29, 0.717) is 29.7 Å². The van der Waals surface area contributed by atoms with E-state index in [1.54, 1.807) is 18.2 Å². The number of nitrogens with zero attached hydrogens (tertiary/aromatic N) is 1. The highest BCUT2D eigenvalue weighted by Gasteiger charge is 2.15. The molecule has 0 amide bonds. The zero-order chi connectivity index (χ0) is 11.5. The quantitative estimate of drug-likeness (QED) is 0.745. The van der Waals surface area contributed by atoms with E-state index in [4.69, 9.17) is 4.42 Å². The van der Waals surface area contributed by atoms with Crippen LogP contribution in [0.15, 0.2) is 28.7 Å². The van der Waals surface area contributed by atoms with Crippen LogP contribution in [0.4, 0.5) is 4.39 Å². The summed E-state index contributed by atoms with van der Waals surface area (Å²) < 4.78 is 18.7. The number of rotatable bonds is 3. The Labute approximate surface area is 91.9 Å². The lowest BCUT2D eigenvalue weighted by Gasteiger charge is -1.99. The number of carbonyl (C=O) groups excluding carboxylic acids is 1. The number of hydrogen-bond donors (Lipinski definition) is 0. The molecule has 0 aliphatic carbocycles. The Morgan fingerprint density at radius 1 is 1.44 bits per heavy atom. The number of carbonyl (C=O) groups is 1. The van der Waals surface area contributed by atoms with Crippen molar-refractivity contribution in [2.24, 2.45) is 0 Å². The Balaban J connectivity index is 2.59. The van der Waals surface area contributed by atoms with Crippen LogP contribution >= 0.6 is 0 Å². The SMILES string of the molecule is CCc1oc(C=O)nc1-c1ccccc1F. The van der Waals surface area contributed by atoms with Gasteiger partial charge in [0.2, 0.25) is 6.29 Å². The minimum absolute atomic E-state index is 0.0184. The number of aldehydes is 1. The van der Waals surface area contributed by atoms with Crippen molar-refractivity contribution in [3.63, 3.8) is 0 Å². The van der Waals surface area contributed by atoms with Gasteiger partial charge in [-0.15, -0.1) is 0 Å². The third-order valence-corrected chi connectivity index (χ3v) is 2.26. The summed E-state index contributed by atoms with van der Waals surface area (Å²) in [6.07, 6.45) is 1.08. The highest BCUT2D eigenvalue weighted by Crippen LogP contribution is 2.26. The van der Waals surface area contributed by atoms with E-state index >= 15 is 0 Å². The summed E-state index contributed by atoms with van der Waals surface area (Å²) in [5, 5.41) is 0. The molecule has 4 heteroatoms. The number of aryl methyl sites for hydroxylation is 1. The number of hydrogen-bond acceptors (Lipinski definition) is 3. The molecule has 0 saturated heterocycles. The molecule has 82 valence electrons. The second-order valence-electron chi connectivity index (χ2n) is 3.28. The summed E-state index contributed by atoms with van der Waals surface area (Å²) in [7, 11) is 0. The fourth-order valence-corrected chi connectivity index (χ4v) is 1.52. The molecule has 0 aliphatic heterocycles. The summed E-state index contributed by atoms with van der Waals surface area (Å²) in [4.78, 5) is 14.5. The van der Waals surface area contributed by atoms with Crippen molar-refractivity contribution in [1.82, 2.24) is 4.98 Å². The van der Waals surface area contributed by atoms with Crippen LogP contribution in [0.1, 0.15) is 23.4 Å². The number of oxazole rings is 1. The maximum Gasteiger partial charge on any atom is 0.260 e. The topological polar surface area (TPSA) is 43.1 Å². The molecule has 1 aromatic carbocycles. The molecule has 0 atom stereocenters. The zero-order valence-corrected chi connectivity index (χ0v) is 8.74. The summed E-state index contributed by atoms with van der Waals surface area (Å²) in [6, 6.07) is 6.28. The fraction of sp³-hybridized carbons (Fsp3) is 0.167. The fourth-order valence-electron chi connectivity index (χ4n) is 1.52. The van der Waals surface area contributed by atoms with E-state index < -0.39 is 0 Å². The van der Waals surface area contributed by atoms with Crippen LogP contribution < -0.4 is 0 Å². The summed E-state index contributed by atoms with van der Waals surface area (Å²) >= 11 is 0. The molecular weight excluding hydrogens is 209 g/mol. The van der Waals surface area contributed by atoms with E-state index in [-0.39, 0.29) is 11.7 Å². The predicted octanol–water partition coefficient (Wildman–Crippen LogP) is 2.86. The van der Waals surface area contributed by atoms with Gasteiger partial charge < -0.3 is 4.42 Å². The van der Waals surface area contributed by atoms with Crippen LogP contribution in [-0.2, 0) is 6.42 Å². The first-order chi connectivity index (χ1) is 7.76. The standard InChI is InChI=1S/C12H10FNO2/c1-2-10-12(14-11(7-15)16-10)8-5-3-4-6-9(8)13/h3-7H,2H2,1H3.